The van der Waals surface area contributed by atoms with Gasteiger partial charge in [-0.2, -0.15) is 0 Å². The molecule has 100 valence electrons. The lowest BCUT2D eigenvalue weighted by Crippen LogP contribution is -2.35. The SMILES string of the molecule is CC(C)N(C)CCCNC1CCCNC(=O)C1. The minimum atomic E-state index is 0.194. The van der Waals surface area contributed by atoms with Crippen LogP contribution in [0.3, 0.4) is 0 Å². The largest absolute Gasteiger partial charge is 0.356 e. The van der Waals surface area contributed by atoms with Crippen LogP contribution in [0.1, 0.15) is 39.5 Å². The Bertz CT molecular complexity index is 231. The van der Waals surface area contributed by atoms with Gasteiger partial charge in [0.1, 0.15) is 0 Å². The zero-order valence-electron chi connectivity index (χ0n) is 11.5. The van der Waals surface area contributed by atoms with Crippen molar-refractivity contribution in [3.63, 3.8) is 0 Å². The van der Waals surface area contributed by atoms with Crippen molar-refractivity contribution in [2.75, 3.05) is 26.7 Å². The summed E-state index contributed by atoms with van der Waals surface area (Å²) in [7, 11) is 2.16. The molecule has 1 aliphatic heterocycles. The number of carbonyl (C=O) groups is 1. The van der Waals surface area contributed by atoms with E-state index in [2.05, 4.69) is 36.4 Å². The van der Waals surface area contributed by atoms with Gasteiger partial charge in [-0.05, 0) is 53.2 Å². The third kappa shape index (κ3) is 6.03. The van der Waals surface area contributed by atoms with Gasteiger partial charge in [-0.1, -0.05) is 0 Å². The van der Waals surface area contributed by atoms with Gasteiger partial charge >= 0.3 is 0 Å². The van der Waals surface area contributed by atoms with Crippen LogP contribution < -0.4 is 10.6 Å². The van der Waals surface area contributed by atoms with Gasteiger partial charge < -0.3 is 15.5 Å². The third-order valence-corrected chi connectivity index (χ3v) is 3.49. The molecule has 0 bridgehead atoms. The molecule has 1 heterocycles. The Morgan fingerprint density at radius 3 is 3.00 bits per heavy atom. The fourth-order valence-corrected chi connectivity index (χ4v) is 2.04. The Balaban J connectivity index is 2.11. The zero-order valence-corrected chi connectivity index (χ0v) is 11.5. The van der Waals surface area contributed by atoms with Crippen LogP contribution in [0, 0.1) is 0 Å². The van der Waals surface area contributed by atoms with Crippen molar-refractivity contribution in [2.24, 2.45) is 0 Å². The van der Waals surface area contributed by atoms with E-state index in [1.54, 1.807) is 0 Å². The van der Waals surface area contributed by atoms with Crippen LogP contribution in [0.5, 0.6) is 0 Å². The van der Waals surface area contributed by atoms with Crippen LogP contribution in [0.4, 0.5) is 0 Å². The summed E-state index contributed by atoms with van der Waals surface area (Å²) >= 11 is 0. The molecule has 17 heavy (non-hydrogen) atoms. The number of hydrogen-bond donors (Lipinski definition) is 2. The number of nitrogens with zero attached hydrogens (tertiary/aromatic N) is 1. The van der Waals surface area contributed by atoms with Crippen molar-refractivity contribution in [3.05, 3.63) is 0 Å². The molecule has 1 unspecified atom stereocenters. The number of carbonyl (C=O) groups excluding carboxylic acids is 1. The summed E-state index contributed by atoms with van der Waals surface area (Å²) < 4.78 is 0. The van der Waals surface area contributed by atoms with Crippen molar-refractivity contribution in [2.45, 2.75) is 51.6 Å². The van der Waals surface area contributed by atoms with Gasteiger partial charge in [0, 0.05) is 25.0 Å². The van der Waals surface area contributed by atoms with Crippen LogP contribution in [-0.4, -0.2) is 49.6 Å². The molecule has 4 heteroatoms. The standard InChI is InChI=1S/C13H27N3O/c1-11(2)16(3)9-5-8-14-12-6-4-7-15-13(17)10-12/h11-12,14H,4-10H2,1-3H3,(H,15,17). The molecule has 1 amide bonds. The smallest absolute Gasteiger partial charge is 0.221 e. The fraction of sp³-hybridized carbons (Fsp3) is 0.923. The molecule has 1 rings (SSSR count). The molecule has 0 aromatic carbocycles. The highest BCUT2D eigenvalue weighted by atomic mass is 16.1. The maximum Gasteiger partial charge on any atom is 0.221 e. The van der Waals surface area contributed by atoms with E-state index in [0.717, 1.165) is 38.9 Å². The summed E-state index contributed by atoms with van der Waals surface area (Å²) in [5.74, 6) is 0.194. The van der Waals surface area contributed by atoms with Crippen molar-refractivity contribution in [1.29, 1.82) is 0 Å². The van der Waals surface area contributed by atoms with E-state index in [-0.39, 0.29) is 5.91 Å². The van der Waals surface area contributed by atoms with E-state index < -0.39 is 0 Å². The van der Waals surface area contributed by atoms with E-state index in [1.807, 2.05) is 0 Å². The first-order valence-corrected chi connectivity index (χ1v) is 6.80. The molecule has 0 aliphatic carbocycles. The second kappa shape index (κ2) is 7.67. The predicted octanol–water partition coefficient (Wildman–Crippen LogP) is 0.975. The van der Waals surface area contributed by atoms with Crippen LogP contribution in [0.25, 0.3) is 0 Å². The average Bonchev–Trinajstić information content (AvgIpc) is 2.48. The molecule has 0 radical (unpaired) electrons. The molecule has 0 aromatic rings. The molecule has 2 N–H and O–H groups in total. The fourth-order valence-electron chi connectivity index (χ4n) is 2.04. The number of rotatable bonds is 6. The molecule has 0 saturated carbocycles. The highest BCUT2D eigenvalue weighted by molar-refractivity contribution is 5.76. The molecule has 1 saturated heterocycles. The van der Waals surface area contributed by atoms with Gasteiger partial charge in [0.05, 0.1) is 0 Å². The summed E-state index contributed by atoms with van der Waals surface area (Å²) in [5, 5.41) is 6.41. The molecule has 0 aromatic heterocycles. The molecular formula is C13H27N3O. The van der Waals surface area contributed by atoms with Gasteiger partial charge in [0.2, 0.25) is 5.91 Å². The van der Waals surface area contributed by atoms with Crippen LogP contribution in [0.2, 0.25) is 0 Å². The summed E-state index contributed by atoms with van der Waals surface area (Å²) in [4.78, 5) is 13.7. The van der Waals surface area contributed by atoms with Crippen molar-refractivity contribution in [3.8, 4) is 0 Å². The maximum absolute atomic E-state index is 11.4. The Morgan fingerprint density at radius 2 is 2.29 bits per heavy atom. The average molecular weight is 241 g/mol. The molecule has 1 fully saturated rings. The second-order valence-electron chi connectivity index (χ2n) is 5.28. The third-order valence-electron chi connectivity index (χ3n) is 3.49. The monoisotopic (exact) mass is 241 g/mol. The summed E-state index contributed by atoms with van der Waals surface area (Å²) in [6, 6.07) is 0.987. The van der Waals surface area contributed by atoms with E-state index in [9.17, 15) is 4.79 Å². The molecule has 4 nitrogen and oxygen atoms in total. The minimum absolute atomic E-state index is 0.194. The topological polar surface area (TPSA) is 44.4 Å². The predicted molar refractivity (Wildman–Crippen MR) is 71.0 cm³/mol. The van der Waals surface area contributed by atoms with Crippen molar-refractivity contribution < 1.29 is 4.79 Å². The van der Waals surface area contributed by atoms with E-state index in [0.29, 0.717) is 18.5 Å². The first kappa shape index (κ1) is 14.5. The van der Waals surface area contributed by atoms with Gasteiger partial charge in [0.25, 0.3) is 0 Å². The van der Waals surface area contributed by atoms with Gasteiger partial charge in [-0.3, -0.25) is 4.79 Å². The van der Waals surface area contributed by atoms with Crippen LogP contribution >= 0.6 is 0 Å². The molecule has 1 aliphatic rings. The van der Waals surface area contributed by atoms with E-state index >= 15 is 0 Å². The second-order valence-corrected chi connectivity index (χ2v) is 5.28. The number of amides is 1. The Kier molecular flexibility index (Phi) is 6.52. The zero-order chi connectivity index (χ0) is 12.7. The number of nitrogens with one attached hydrogen (secondary N) is 2. The maximum atomic E-state index is 11.4. The highest BCUT2D eigenvalue weighted by Gasteiger charge is 2.16. The van der Waals surface area contributed by atoms with Gasteiger partial charge in [0.15, 0.2) is 0 Å². The molecular weight excluding hydrogens is 214 g/mol. The van der Waals surface area contributed by atoms with Crippen molar-refractivity contribution >= 4 is 5.91 Å². The number of hydrogen-bond acceptors (Lipinski definition) is 3. The Hall–Kier alpha value is -0.610. The Labute approximate surface area is 105 Å². The Morgan fingerprint density at radius 1 is 1.53 bits per heavy atom. The summed E-state index contributed by atoms with van der Waals surface area (Å²) in [5.41, 5.74) is 0. The lowest BCUT2D eigenvalue weighted by molar-refractivity contribution is -0.121. The lowest BCUT2D eigenvalue weighted by Gasteiger charge is -2.21. The molecule has 1 atom stereocenters. The normalized spacial score (nSPS) is 21.7. The first-order chi connectivity index (χ1) is 8.09. The molecule has 0 spiro atoms. The van der Waals surface area contributed by atoms with Crippen molar-refractivity contribution in [1.82, 2.24) is 15.5 Å². The quantitative estimate of drug-likeness (QED) is 0.681. The van der Waals surface area contributed by atoms with Crippen LogP contribution in [-0.2, 0) is 4.79 Å². The van der Waals surface area contributed by atoms with E-state index in [4.69, 9.17) is 0 Å². The minimum Gasteiger partial charge on any atom is -0.356 e. The lowest BCUT2D eigenvalue weighted by atomic mass is 10.1. The first-order valence-electron chi connectivity index (χ1n) is 6.80. The summed E-state index contributed by atoms with van der Waals surface area (Å²) in [6.45, 7) is 7.39. The van der Waals surface area contributed by atoms with Gasteiger partial charge in [-0.15, -0.1) is 0 Å². The summed E-state index contributed by atoms with van der Waals surface area (Å²) in [6.07, 6.45) is 3.99. The van der Waals surface area contributed by atoms with Gasteiger partial charge in [-0.25, -0.2) is 0 Å². The highest BCUT2D eigenvalue weighted by Crippen LogP contribution is 2.05. The van der Waals surface area contributed by atoms with Crippen LogP contribution in [0.15, 0.2) is 0 Å². The van der Waals surface area contributed by atoms with E-state index in [1.165, 1.54) is 0 Å².